The molecule has 1 saturated heterocycles. The number of nitrogen functional groups attached to an aromatic ring is 1. The fraction of sp³-hybridized carbons (Fsp3) is 0.348. The van der Waals surface area contributed by atoms with Crippen molar-refractivity contribution in [1.82, 2.24) is 14.9 Å². The zero-order chi connectivity index (χ0) is 23.1. The molecule has 1 atom stereocenters. The molecule has 0 spiro atoms. The molecule has 1 aliphatic heterocycles. The van der Waals surface area contributed by atoms with Gasteiger partial charge < -0.3 is 26.3 Å². The van der Waals surface area contributed by atoms with Gasteiger partial charge in [-0.2, -0.15) is 4.98 Å². The van der Waals surface area contributed by atoms with Gasteiger partial charge in [0.15, 0.2) is 0 Å². The number of benzene rings is 1. The van der Waals surface area contributed by atoms with Crippen LogP contribution in [0.4, 0.5) is 11.8 Å². The van der Waals surface area contributed by atoms with Crippen molar-refractivity contribution in [3.8, 4) is 35.2 Å². The molecule has 2 aromatic rings. The Balaban J connectivity index is 1.89. The Morgan fingerprint density at radius 2 is 1.94 bits per heavy atom. The van der Waals surface area contributed by atoms with E-state index in [0.29, 0.717) is 23.0 Å². The molecule has 2 heterocycles. The number of rotatable bonds is 6. The molecule has 0 bridgehead atoms. The first-order chi connectivity index (χ1) is 15.4. The molecular weight excluding hydrogens is 408 g/mol. The van der Waals surface area contributed by atoms with Crippen molar-refractivity contribution in [2.75, 3.05) is 44.9 Å². The van der Waals surface area contributed by atoms with Gasteiger partial charge in [0, 0.05) is 30.8 Å². The Kier molecular flexibility index (Phi) is 7.37. The van der Waals surface area contributed by atoms with E-state index < -0.39 is 5.91 Å². The number of anilines is 2. The quantitative estimate of drug-likeness (QED) is 0.576. The Bertz CT molecular complexity index is 1100. The zero-order valence-electron chi connectivity index (χ0n) is 18.4. The lowest BCUT2D eigenvalue weighted by Gasteiger charge is -2.15. The molecule has 5 N–H and O–H groups in total. The number of primary amides is 1. The van der Waals surface area contributed by atoms with Crippen LogP contribution in [0.3, 0.4) is 0 Å². The van der Waals surface area contributed by atoms with Gasteiger partial charge in [0.25, 0.3) is 5.91 Å². The minimum atomic E-state index is -0.744. The molecule has 9 heteroatoms. The number of methoxy groups -OCH3 is 2. The molecule has 1 aliphatic rings. The number of carbonyl (C=O) groups is 1. The molecule has 1 fully saturated rings. The summed E-state index contributed by atoms with van der Waals surface area (Å²) in [5.41, 5.74) is 12.3. The van der Waals surface area contributed by atoms with Gasteiger partial charge in [-0.05, 0) is 31.4 Å². The van der Waals surface area contributed by atoms with Crippen LogP contribution in [0.15, 0.2) is 18.2 Å². The summed E-state index contributed by atoms with van der Waals surface area (Å²) >= 11 is 0. The third kappa shape index (κ3) is 5.60. The maximum Gasteiger partial charge on any atom is 0.255 e. The van der Waals surface area contributed by atoms with E-state index in [1.54, 1.807) is 32.4 Å². The second-order valence-corrected chi connectivity index (χ2v) is 7.16. The smallest absolute Gasteiger partial charge is 0.255 e. The number of hydrogen-bond acceptors (Lipinski definition) is 8. The highest BCUT2D eigenvalue weighted by Gasteiger charge is 2.23. The normalized spacial score (nSPS) is 15.2. The molecule has 3 rings (SSSR count). The molecule has 1 amide bonds. The lowest BCUT2D eigenvalue weighted by Crippen LogP contribution is -2.28. The molecule has 32 heavy (non-hydrogen) atoms. The van der Waals surface area contributed by atoms with Crippen LogP contribution < -0.4 is 26.3 Å². The van der Waals surface area contributed by atoms with Crippen molar-refractivity contribution in [3.63, 3.8) is 0 Å². The first-order valence-corrected chi connectivity index (χ1v) is 10.0. The number of carbonyl (C=O) groups excluding carboxylic acids is 1. The van der Waals surface area contributed by atoms with Crippen molar-refractivity contribution in [2.24, 2.45) is 5.73 Å². The number of likely N-dealkylation sites (tertiary alicyclic amines) is 1. The van der Waals surface area contributed by atoms with Crippen LogP contribution >= 0.6 is 0 Å². The fourth-order valence-corrected chi connectivity index (χ4v) is 3.35. The summed E-state index contributed by atoms with van der Waals surface area (Å²) in [5, 5.41) is 3.28. The molecule has 0 unspecified atom stereocenters. The molecular formula is C23H26N6O3. The average Bonchev–Trinajstić information content (AvgIpc) is 3.22. The minimum absolute atomic E-state index is 0.0100. The van der Waals surface area contributed by atoms with Crippen molar-refractivity contribution in [3.05, 3.63) is 35.0 Å². The maximum absolute atomic E-state index is 12.0. The average molecular weight is 435 g/mol. The van der Waals surface area contributed by atoms with Gasteiger partial charge in [-0.1, -0.05) is 11.8 Å². The van der Waals surface area contributed by atoms with E-state index in [2.05, 4.69) is 43.9 Å². The van der Waals surface area contributed by atoms with Gasteiger partial charge in [-0.15, -0.1) is 5.92 Å². The van der Waals surface area contributed by atoms with Crippen LogP contribution in [0.1, 0.15) is 35.0 Å². The highest BCUT2D eigenvalue weighted by atomic mass is 16.5. The lowest BCUT2D eigenvalue weighted by atomic mass is 10.1. The van der Waals surface area contributed by atoms with Crippen molar-refractivity contribution in [2.45, 2.75) is 19.4 Å². The Morgan fingerprint density at radius 1 is 1.22 bits per heavy atom. The van der Waals surface area contributed by atoms with Crippen molar-refractivity contribution >= 4 is 17.7 Å². The molecule has 9 nitrogen and oxygen atoms in total. The standard InChI is InChI=1S/C23H26N6O3/c1-4-5-9-29-10-8-16(14-29)26-23-27-19(20(22(25)30)21(24)28-23)7-6-15-11-17(31-2)13-18(12-15)32-3/h11-13,16H,8-10,14H2,1-3H3,(H2,25,30)(H3,24,26,27,28)/t16-/m0/s1. The van der Waals surface area contributed by atoms with Gasteiger partial charge in [0.05, 0.1) is 20.8 Å². The summed E-state index contributed by atoms with van der Waals surface area (Å²) in [6.45, 7) is 4.28. The molecule has 1 aromatic heterocycles. The Labute approximate surface area is 187 Å². The van der Waals surface area contributed by atoms with Gasteiger partial charge in [-0.3, -0.25) is 9.69 Å². The molecule has 0 aliphatic carbocycles. The first-order valence-electron chi connectivity index (χ1n) is 10.0. The van der Waals surface area contributed by atoms with Gasteiger partial charge >= 0.3 is 0 Å². The second-order valence-electron chi connectivity index (χ2n) is 7.16. The highest BCUT2D eigenvalue weighted by Crippen LogP contribution is 2.22. The summed E-state index contributed by atoms with van der Waals surface area (Å²) in [4.78, 5) is 22.8. The molecule has 1 aromatic carbocycles. The van der Waals surface area contributed by atoms with E-state index in [1.165, 1.54) is 0 Å². The maximum atomic E-state index is 12.0. The number of amides is 1. The predicted molar refractivity (Wildman–Crippen MR) is 122 cm³/mol. The van der Waals surface area contributed by atoms with E-state index in [-0.39, 0.29) is 23.1 Å². The van der Waals surface area contributed by atoms with Crippen LogP contribution in [-0.4, -0.2) is 60.7 Å². The number of ether oxygens (including phenoxy) is 2. The van der Waals surface area contributed by atoms with Crippen LogP contribution in [-0.2, 0) is 0 Å². The summed E-state index contributed by atoms with van der Waals surface area (Å²) in [5.74, 6) is 12.6. The van der Waals surface area contributed by atoms with Crippen LogP contribution in [0.25, 0.3) is 0 Å². The predicted octanol–water partition coefficient (Wildman–Crippen LogP) is 1.08. The number of aromatic nitrogens is 2. The first kappa shape index (κ1) is 22.7. The fourth-order valence-electron chi connectivity index (χ4n) is 3.35. The monoisotopic (exact) mass is 434 g/mol. The third-order valence-corrected chi connectivity index (χ3v) is 4.95. The molecule has 0 radical (unpaired) electrons. The van der Waals surface area contributed by atoms with E-state index >= 15 is 0 Å². The highest BCUT2D eigenvalue weighted by molar-refractivity contribution is 5.99. The number of nitrogens with two attached hydrogens (primary N) is 2. The Morgan fingerprint density at radius 3 is 2.56 bits per heavy atom. The van der Waals surface area contributed by atoms with E-state index in [1.807, 2.05) is 6.92 Å². The number of hydrogen-bond donors (Lipinski definition) is 3. The van der Waals surface area contributed by atoms with E-state index in [9.17, 15) is 4.79 Å². The SMILES string of the molecule is CC#CCN1CC[C@H](Nc2nc(N)c(C(N)=O)c(C#Cc3cc(OC)cc(OC)c3)n2)C1. The largest absolute Gasteiger partial charge is 0.497 e. The van der Waals surface area contributed by atoms with Gasteiger partial charge in [0.2, 0.25) is 5.95 Å². The van der Waals surface area contributed by atoms with Crippen LogP contribution in [0.5, 0.6) is 11.5 Å². The summed E-state index contributed by atoms with van der Waals surface area (Å²) in [7, 11) is 3.11. The van der Waals surface area contributed by atoms with Crippen LogP contribution in [0.2, 0.25) is 0 Å². The second kappa shape index (κ2) is 10.4. The summed E-state index contributed by atoms with van der Waals surface area (Å²) < 4.78 is 10.5. The van der Waals surface area contributed by atoms with E-state index in [0.717, 1.165) is 26.1 Å². The molecule has 0 saturated carbocycles. The number of nitrogens with one attached hydrogen (secondary N) is 1. The van der Waals surface area contributed by atoms with Crippen molar-refractivity contribution in [1.29, 1.82) is 0 Å². The van der Waals surface area contributed by atoms with E-state index in [4.69, 9.17) is 20.9 Å². The summed E-state index contributed by atoms with van der Waals surface area (Å²) in [6.07, 6.45) is 0.914. The van der Waals surface area contributed by atoms with Crippen LogP contribution in [0, 0.1) is 23.7 Å². The number of nitrogens with zero attached hydrogens (tertiary/aromatic N) is 3. The lowest BCUT2D eigenvalue weighted by molar-refractivity contribution is 0.100. The molecule has 166 valence electrons. The minimum Gasteiger partial charge on any atom is -0.497 e. The van der Waals surface area contributed by atoms with Crippen molar-refractivity contribution < 1.29 is 14.3 Å². The zero-order valence-corrected chi connectivity index (χ0v) is 18.4. The Hall–Kier alpha value is -3.95. The van der Waals surface area contributed by atoms with Gasteiger partial charge in [-0.25, -0.2) is 4.98 Å². The topological polar surface area (TPSA) is 129 Å². The summed E-state index contributed by atoms with van der Waals surface area (Å²) in [6, 6.07) is 5.36. The van der Waals surface area contributed by atoms with Gasteiger partial charge in [0.1, 0.15) is 28.6 Å². The third-order valence-electron chi connectivity index (χ3n) is 4.95.